The van der Waals surface area contributed by atoms with E-state index in [1.165, 1.54) is 4.68 Å². The average Bonchev–Trinajstić information content (AvgIpc) is 3.07. The molecule has 6 nitrogen and oxygen atoms in total. The standard InChI is InChI=1S/C25H25BrN4O2/c1-5-24-28-23-12-7-19(26)14-22(23)25(31)30(24)27-15-18-13-16(3)29(17(18)4)20-8-10-21(11-9-20)32-6-2/h7-15H,5-6H2,1-4H3. The average molecular weight is 493 g/mol. The minimum atomic E-state index is -0.176. The third-order valence-electron chi connectivity index (χ3n) is 5.38. The Hall–Kier alpha value is -3.19. The van der Waals surface area contributed by atoms with E-state index in [-0.39, 0.29) is 5.56 Å². The molecular weight excluding hydrogens is 468 g/mol. The van der Waals surface area contributed by atoms with Crippen LogP contribution < -0.4 is 10.3 Å². The lowest BCUT2D eigenvalue weighted by Gasteiger charge is -2.11. The molecule has 2 aromatic heterocycles. The minimum Gasteiger partial charge on any atom is -0.494 e. The smallest absolute Gasteiger partial charge is 0.282 e. The van der Waals surface area contributed by atoms with Gasteiger partial charge in [0.2, 0.25) is 0 Å². The summed E-state index contributed by atoms with van der Waals surface area (Å²) in [7, 11) is 0. The van der Waals surface area contributed by atoms with Crippen molar-refractivity contribution in [1.82, 2.24) is 14.2 Å². The van der Waals surface area contributed by atoms with Crippen molar-refractivity contribution in [1.29, 1.82) is 0 Å². The molecule has 2 aromatic carbocycles. The van der Waals surface area contributed by atoms with Gasteiger partial charge in [0.15, 0.2) is 0 Å². The summed E-state index contributed by atoms with van der Waals surface area (Å²) >= 11 is 3.43. The molecule has 7 heteroatoms. The molecule has 0 radical (unpaired) electrons. The number of aromatic nitrogens is 3. The van der Waals surface area contributed by atoms with Gasteiger partial charge >= 0.3 is 0 Å². The van der Waals surface area contributed by atoms with Gasteiger partial charge in [-0.3, -0.25) is 4.79 Å². The van der Waals surface area contributed by atoms with E-state index in [0.29, 0.717) is 29.8 Å². The van der Waals surface area contributed by atoms with Crippen LogP contribution in [0.4, 0.5) is 0 Å². The van der Waals surface area contributed by atoms with E-state index in [1.54, 1.807) is 12.3 Å². The van der Waals surface area contributed by atoms with Crippen molar-refractivity contribution in [2.24, 2.45) is 5.10 Å². The van der Waals surface area contributed by atoms with Gasteiger partial charge in [-0.1, -0.05) is 22.9 Å². The summed E-state index contributed by atoms with van der Waals surface area (Å²) in [6.07, 6.45) is 2.34. The first-order valence-electron chi connectivity index (χ1n) is 10.6. The quantitative estimate of drug-likeness (QED) is 0.338. The highest BCUT2D eigenvalue weighted by atomic mass is 79.9. The number of benzene rings is 2. The van der Waals surface area contributed by atoms with Gasteiger partial charge in [-0.15, -0.1) is 0 Å². The minimum absolute atomic E-state index is 0.176. The highest BCUT2D eigenvalue weighted by Crippen LogP contribution is 2.22. The monoisotopic (exact) mass is 492 g/mol. The molecule has 0 fully saturated rings. The predicted octanol–water partition coefficient (Wildman–Crippen LogP) is 5.41. The van der Waals surface area contributed by atoms with Gasteiger partial charge in [0.05, 0.1) is 23.7 Å². The molecule has 32 heavy (non-hydrogen) atoms. The number of fused-ring (bicyclic) bond motifs is 1. The topological polar surface area (TPSA) is 61.4 Å². The Morgan fingerprint density at radius 3 is 2.53 bits per heavy atom. The third kappa shape index (κ3) is 4.12. The largest absolute Gasteiger partial charge is 0.494 e. The molecule has 0 saturated heterocycles. The molecule has 0 saturated carbocycles. The van der Waals surface area contributed by atoms with E-state index < -0.39 is 0 Å². The molecule has 4 aromatic rings. The zero-order valence-corrected chi connectivity index (χ0v) is 20.2. The van der Waals surface area contributed by atoms with Gasteiger partial charge in [-0.2, -0.15) is 9.78 Å². The van der Waals surface area contributed by atoms with Gasteiger partial charge in [-0.05, 0) is 69.3 Å². The maximum absolute atomic E-state index is 13.1. The third-order valence-corrected chi connectivity index (χ3v) is 5.87. The zero-order chi connectivity index (χ0) is 22.8. The van der Waals surface area contributed by atoms with Gasteiger partial charge < -0.3 is 9.30 Å². The van der Waals surface area contributed by atoms with Gasteiger partial charge in [0.25, 0.3) is 5.56 Å². The SMILES string of the molecule is CCOc1ccc(-n2c(C)cc(C=Nn3c(CC)nc4ccc(Br)cc4c3=O)c2C)cc1. The first-order chi connectivity index (χ1) is 15.4. The molecule has 0 unspecified atom stereocenters. The van der Waals surface area contributed by atoms with Crippen LogP contribution in [0.5, 0.6) is 5.75 Å². The number of aryl methyl sites for hydroxylation is 2. The molecule has 0 aliphatic carbocycles. The van der Waals surface area contributed by atoms with Crippen molar-refractivity contribution in [3.05, 3.63) is 86.1 Å². The van der Waals surface area contributed by atoms with Crippen LogP contribution in [-0.2, 0) is 6.42 Å². The summed E-state index contributed by atoms with van der Waals surface area (Å²) in [6, 6.07) is 15.6. The molecule has 0 bridgehead atoms. The first kappa shape index (κ1) is 22.0. The van der Waals surface area contributed by atoms with Crippen LogP contribution in [0.15, 0.2) is 62.9 Å². The lowest BCUT2D eigenvalue weighted by atomic mass is 10.2. The molecule has 164 valence electrons. The van der Waals surface area contributed by atoms with E-state index in [4.69, 9.17) is 4.74 Å². The van der Waals surface area contributed by atoms with Crippen molar-refractivity contribution in [2.45, 2.75) is 34.1 Å². The maximum Gasteiger partial charge on any atom is 0.282 e. The van der Waals surface area contributed by atoms with Gasteiger partial charge in [0.1, 0.15) is 11.6 Å². The Kier molecular flexibility index (Phi) is 6.28. The fraction of sp³-hybridized carbons (Fsp3) is 0.240. The summed E-state index contributed by atoms with van der Waals surface area (Å²) in [6.45, 7) is 8.68. The Balaban J connectivity index is 1.75. The lowest BCUT2D eigenvalue weighted by Crippen LogP contribution is -2.22. The van der Waals surface area contributed by atoms with Crippen LogP contribution in [0.2, 0.25) is 0 Å². The molecule has 0 spiro atoms. The summed E-state index contributed by atoms with van der Waals surface area (Å²) < 4.78 is 9.95. The van der Waals surface area contributed by atoms with Crippen molar-refractivity contribution in [3.63, 3.8) is 0 Å². The number of hydrogen-bond acceptors (Lipinski definition) is 4. The Labute approximate surface area is 195 Å². The number of ether oxygens (including phenoxy) is 1. The molecule has 4 rings (SSSR count). The number of halogens is 1. The normalized spacial score (nSPS) is 11.5. The second-order valence-electron chi connectivity index (χ2n) is 7.49. The van der Waals surface area contributed by atoms with Crippen molar-refractivity contribution >= 4 is 33.0 Å². The van der Waals surface area contributed by atoms with E-state index in [1.807, 2.05) is 57.2 Å². The zero-order valence-electron chi connectivity index (χ0n) is 18.6. The summed E-state index contributed by atoms with van der Waals surface area (Å²) in [4.78, 5) is 17.8. The Morgan fingerprint density at radius 2 is 1.84 bits per heavy atom. The van der Waals surface area contributed by atoms with Crippen LogP contribution in [0.25, 0.3) is 16.6 Å². The van der Waals surface area contributed by atoms with Gasteiger partial charge in [0, 0.05) is 33.5 Å². The highest BCUT2D eigenvalue weighted by Gasteiger charge is 2.12. The molecule has 0 aliphatic heterocycles. The highest BCUT2D eigenvalue weighted by molar-refractivity contribution is 9.10. The predicted molar refractivity (Wildman–Crippen MR) is 132 cm³/mol. The van der Waals surface area contributed by atoms with E-state index in [2.05, 4.69) is 43.6 Å². The molecular formula is C25H25BrN4O2. The molecule has 2 heterocycles. The number of nitrogens with zero attached hydrogens (tertiary/aromatic N) is 4. The fourth-order valence-corrected chi connectivity index (χ4v) is 4.20. The Bertz CT molecular complexity index is 1370. The first-order valence-corrected chi connectivity index (χ1v) is 11.4. The van der Waals surface area contributed by atoms with E-state index >= 15 is 0 Å². The summed E-state index contributed by atoms with van der Waals surface area (Å²) in [5.74, 6) is 1.48. The fourth-order valence-electron chi connectivity index (χ4n) is 3.84. The van der Waals surface area contributed by atoms with Crippen molar-refractivity contribution in [2.75, 3.05) is 6.61 Å². The van der Waals surface area contributed by atoms with E-state index in [9.17, 15) is 4.79 Å². The van der Waals surface area contributed by atoms with Crippen LogP contribution in [0.3, 0.4) is 0 Å². The second-order valence-corrected chi connectivity index (χ2v) is 8.41. The van der Waals surface area contributed by atoms with Gasteiger partial charge in [-0.25, -0.2) is 4.98 Å². The van der Waals surface area contributed by atoms with E-state index in [0.717, 1.165) is 32.9 Å². The summed E-state index contributed by atoms with van der Waals surface area (Å²) in [5, 5.41) is 5.08. The van der Waals surface area contributed by atoms with Crippen LogP contribution in [-0.4, -0.2) is 27.0 Å². The number of hydrogen-bond donors (Lipinski definition) is 0. The van der Waals surface area contributed by atoms with Crippen molar-refractivity contribution in [3.8, 4) is 11.4 Å². The van der Waals surface area contributed by atoms with Crippen LogP contribution in [0.1, 0.15) is 36.6 Å². The lowest BCUT2D eigenvalue weighted by molar-refractivity contribution is 0.340. The Morgan fingerprint density at radius 1 is 1.09 bits per heavy atom. The molecule has 0 atom stereocenters. The van der Waals surface area contributed by atoms with Crippen molar-refractivity contribution < 1.29 is 4.74 Å². The second kappa shape index (κ2) is 9.12. The maximum atomic E-state index is 13.1. The molecule has 0 amide bonds. The number of rotatable bonds is 6. The van der Waals surface area contributed by atoms with Crippen LogP contribution in [0, 0.1) is 13.8 Å². The molecule has 0 N–H and O–H groups in total. The summed E-state index contributed by atoms with van der Waals surface area (Å²) in [5.41, 5.74) is 4.61. The molecule has 0 aliphatic rings. The van der Waals surface area contributed by atoms with Crippen LogP contribution >= 0.6 is 15.9 Å².